The van der Waals surface area contributed by atoms with Crippen molar-refractivity contribution in [2.45, 2.75) is 19.8 Å². The van der Waals surface area contributed by atoms with Crippen molar-refractivity contribution in [2.24, 2.45) is 0 Å². The van der Waals surface area contributed by atoms with Crippen LogP contribution in [0.1, 0.15) is 18.1 Å². The molecule has 1 fully saturated rings. The van der Waals surface area contributed by atoms with Crippen LogP contribution in [-0.2, 0) is 6.42 Å². The first kappa shape index (κ1) is 10.6. The van der Waals surface area contributed by atoms with Crippen molar-refractivity contribution < 1.29 is 4.52 Å². The number of nitrogens with zero attached hydrogens (tertiary/aromatic N) is 3. The lowest BCUT2D eigenvalue weighted by atomic mass is 10.3. The highest BCUT2D eigenvalue weighted by Crippen LogP contribution is 2.00. The van der Waals surface area contributed by atoms with E-state index in [1.165, 1.54) is 13.0 Å². The quantitative estimate of drug-likeness (QED) is 0.773. The first-order chi connectivity index (χ1) is 7.34. The van der Waals surface area contributed by atoms with Crippen LogP contribution in [0.15, 0.2) is 4.52 Å². The first-order valence-corrected chi connectivity index (χ1v) is 5.57. The Labute approximate surface area is 89.8 Å². The highest BCUT2D eigenvalue weighted by molar-refractivity contribution is 4.85. The SMILES string of the molecule is Cc1nc(CCN2CCCNCC2)no1. The maximum Gasteiger partial charge on any atom is 0.223 e. The Bertz CT molecular complexity index is 291. The molecule has 1 aromatic heterocycles. The average molecular weight is 210 g/mol. The zero-order valence-corrected chi connectivity index (χ0v) is 9.20. The molecule has 0 bridgehead atoms. The Balaban J connectivity index is 1.76. The van der Waals surface area contributed by atoms with Crippen LogP contribution in [0.25, 0.3) is 0 Å². The van der Waals surface area contributed by atoms with E-state index in [4.69, 9.17) is 4.52 Å². The van der Waals surface area contributed by atoms with Gasteiger partial charge in [0.25, 0.3) is 0 Å². The fourth-order valence-electron chi connectivity index (χ4n) is 1.83. The van der Waals surface area contributed by atoms with Crippen LogP contribution < -0.4 is 5.32 Å². The van der Waals surface area contributed by atoms with Gasteiger partial charge in [0.05, 0.1) is 0 Å². The summed E-state index contributed by atoms with van der Waals surface area (Å²) in [5, 5.41) is 7.28. The van der Waals surface area contributed by atoms with E-state index in [1.807, 2.05) is 6.92 Å². The molecule has 1 aliphatic heterocycles. The molecule has 1 N–H and O–H groups in total. The van der Waals surface area contributed by atoms with Crippen LogP contribution in [0, 0.1) is 6.92 Å². The molecule has 2 rings (SSSR count). The molecule has 0 aromatic carbocycles. The van der Waals surface area contributed by atoms with E-state index in [2.05, 4.69) is 20.4 Å². The lowest BCUT2D eigenvalue weighted by Gasteiger charge is -2.17. The summed E-state index contributed by atoms with van der Waals surface area (Å²) in [6.45, 7) is 7.37. The van der Waals surface area contributed by atoms with Crippen molar-refractivity contribution in [1.29, 1.82) is 0 Å². The van der Waals surface area contributed by atoms with Crippen molar-refractivity contribution in [2.75, 3.05) is 32.7 Å². The van der Waals surface area contributed by atoms with E-state index in [0.717, 1.165) is 38.4 Å². The predicted octanol–water partition coefficient (Wildman–Crippen LogP) is 0.216. The lowest BCUT2D eigenvalue weighted by molar-refractivity contribution is 0.292. The summed E-state index contributed by atoms with van der Waals surface area (Å²) in [4.78, 5) is 6.65. The third-order valence-corrected chi connectivity index (χ3v) is 2.65. The molecule has 1 aliphatic rings. The zero-order valence-electron chi connectivity index (χ0n) is 9.20. The van der Waals surface area contributed by atoms with Gasteiger partial charge in [0, 0.05) is 33.0 Å². The van der Waals surface area contributed by atoms with Crippen LogP contribution in [0.2, 0.25) is 0 Å². The van der Waals surface area contributed by atoms with E-state index in [-0.39, 0.29) is 0 Å². The number of rotatable bonds is 3. The fraction of sp³-hybridized carbons (Fsp3) is 0.800. The number of nitrogens with one attached hydrogen (secondary N) is 1. The van der Waals surface area contributed by atoms with E-state index >= 15 is 0 Å². The molecule has 0 spiro atoms. The third kappa shape index (κ3) is 3.28. The molecule has 5 heteroatoms. The third-order valence-electron chi connectivity index (χ3n) is 2.65. The molecular weight excluding hydrogens is 192 g/mol. The monoisotopic (exact) mass is 210 g/mol. The van der Waals surface area contributed by atoms with Crippen LogP contribution in [0.4, 0.5) is 0 Å². The highest BCUT2D eigenvalue weighted by Gasteiger charge is 2.10. The van der Waals surface area contributed by atoms with Gasteiger partial charge in [0.15, 0.2) is 5.82 Å². The Kier molecular flexibility index (Phi) is 3.69. The second-order valence-corrected chi connectivity index (χ2v) is 3.92. The molecule has 1 saturated heterocycles. The number of hydrogen-bond donors (Lipinski definition) is 1. The van der Waals surface area contributed by atoms with Crippen molar-refractivity contribution in [1.82, 2.24) is 20.4 Å². The topological polar surface area (TPSA) is 54.2 Å². The second-order valence-electron chi connectivity index (χ2n) is 3.92. The molecule has 0 saturated carbocycles. The Hall–Kier alpha value is -0.940. The maximum atomic E-state index is 4.94. The summed E-state index contributed by atoms with van der Waals surface area (Å²) in [6, 6.07) is 0. The normalized spacial score (nSPS) is 19.0. The molecule has 0 unspecified atom stereocenters. The minimum atomic E-state index is 0.655. The van der Waals surface area contributed by atoms with Gasteiger partial charge in [-0.3, -0.25) is 0 Å². The van der Waals surface area contributed by atoms with Crippen LogP contribution in [0.5, 0.6) is 0 Å². The summed E-state index contributed by atoms with van der Waals surface area (Å²) in [6.07, 6.45) is 2.11. The molecule has 2 heterocycles. The number of aryl methyl sites for hydroxylation is 1. The molecule has 5 nitrogen and oxygen atoms in total. The molecular formula is C10H18N4O. The summed E-state index contributed by atoms with van der Waals surface area (Å²) in [7, 11) is 0. The van der Waals surface area contributed by atoms with Gasteiger partial charge in [0.1, 0.15) is 0 Å². The highest BCUT2D eigenvalue weighted by atomic mass is 16.5. The molecule has 0 atom stereocenters. The Morgan fingerprint density at radius 3 is 3.13 bits per heavy atom. The second kappa shape index (κ2) is 5.23. The van der Waals surface area contributed by atoms with E-state index in [9.17, 15) is 0 Å². The minimum Gasteiger partial charge on any atom is -0.340 e. The molecule has 0 aliphatic carbocycles. The fourth-order valence-corrected chi connectivity index (χ4v) is 1.83. The molecule has 1 aromatic rings. The van der Waals surface area contributed by atoms with E-state index < -0.39 is 0 Å². The van der Waals surface area contributed by atoms with Crippen LogP contribution in [0.3, 0.4) is 0 Å². The molecule has 84 valence electrons. The zero-order chi connectivity index (χ0) is 10.5. The van der Waals surface area contributed by atoms with Crippen molar-refractivity contribution in [3.05, 3.63) is 11.7 Å². The van der Waals surface area contributed by atoms with Gasteiger partial charge in [-0.1, -0.05) is 5.16 Å². The van der Waals surface area contributed by atoms with E-state index in [0.29, 0.717) is 5.89 Å². The van der Waals surface area contributed by atoms with E-state index in [1.54, 1.807) is 0 Å². The minimum absolute atomic E-state index is 0.655. The molecule has 15 heavy (non-hydrogen) atoms. The van der Waals surface area contributed by atoms with Gasteiger partial charge >= 0.3 is 0 Å². The van der Waals surface area contributed by atoms with Gasteiger partial charge in [0.2, 0.25) is 5.89 Å². The lowest BCUT2D eigenvalue weighted by Crippen LogP contribution is -2.30. The Morgan fingerprint density at radius 1 is 1.40 bits per heavy atom. The van der Waals surface area contributed by atoms with Crippen molar-refractivity contribution in [3.8, 4) is 0 Å². The van der Waals surface area contributed by atoms with Gasteiger partial charge in [-0.2, -0.15) is 4.98 Å². The molecule has 0 amide bonds. The summed E-state index contributed by atoms with van der Waals surface area (Å²) >= 11 is 0. The van der Waals surface area contributed by atoms with Crippen molar-refractivity contribution >= 4 is 0 Å². The summed E-state index contributed by atoms with van der Waals surface area (Å²) < 4.78 is 4.94. The van der Waals surface area contributed by atoms with Gasteiger partial charge in [-0.25, -0.2) is 0 Å². The van der Waals surface area contributed by atoms with Crippen LogP contribution in [-0.4, -0.2) is 47.8 Å². The Morgan fingerprint density at radius 2 is 2.33 bits per heavy atom. The van der Waals surface area contributed by atoms with Crippen LogP contribution >= 0.6 is 0 Å². The first-order valence-electron chi connectivity index (χ1n) is 5.57. The largest absolute Gasteiger partial charge is 0.340 e. The smallest absolute Gasteiger partial charge is 0.223 e. The van der Waals surface area contributed by atoms with Crippen molar-refractivity contribution in [3.63, 3.8) is 0 Å². The van der Waals surface area contributed by atoms with Gasteiger partial charge in [-0.05, 0) is 19.5 Å². The standard InChI is InChI=1S/C10H18N4O/c1-9-12-10(13-15-9)3-7-14-6-2-4-11-5-8-14/h11H,2-8H2,1H3. The maximum absolute atomic E-state index is 4.94. The average Bonchev–Trinajstić information content (AvgIpc) is 2.52. The summed E-state index contributed by atoms with van der Waals surface area (Å²) in [5.41, 5.74) is 0. The van der Waals surface area contributed by atoms with Gasteiger partial charge in [-0.15, -0.1) is 0 Å². The summed E-state index contributed by atoms with van der Waals surface area (Å²) in [5.74, 6) is 1.48. The molecule has 0 radical (unpaired) electrons. The predicted molar refractivity (Wildman–Crippen MR) is 56.7 cm³/mol. The number of aromatic nitrogens is 2. The van der Waals surface area contributed by atoms with Gasteiger partial charge < -0.3 is 14.7 Å². The number of hydrogen-bond acceptors (Lipinski definition) is 5.